The van der Waals surface area contributed by atoms with Gasteiger partial charge in [0.1, 0.15) is 11.5 Å². The molecule has 0 saturated carbocycles. The SMILES string of the molecule is Cc1nccc(C(=O)NC2CCN(C(C)C)C2)n1. The minimum Gasteiger partial charge on any atom is -0.347 e. The van der Waals surface area contributed by atoms with Crippen LogP contribution in [0, 0.1) is 6.92 Å². The molecule has 1 aliphatic rings. The van der Waals surface area contributed by atoms with Gasteiger partial charge in [-0.2, -0.15) is 0 Å². The van der Waals surface area contributed by atoms with Crippen molar-refractivity contribution in [1.82, 2.24) is 20.2 Å². The smallest absolute Gasteiger partial charge is 0.270 e. The molecule has 1 fully saturated rings. The van der Waals surface area contributed by atoms with Gasteiger partial charge in [0.2, 0.25) is 0 Å². The van der Waals surface area contributed by atoms with Crippen molar-refractivity contribution >= 4 is 5.91 Å². The molecule has 0 aliphatic carbocycles. The number of hydrogen-bond donors (Lipinski definition) is 1. The third-order valence-corrected chi connectivity index (χ3v) is 3.29. The van der Waals surface area contributed by atoms with E-state index in [1.807, 2.05) is 0 Å². The molecule has 1 atom stereocenters. The molecule has 1 amide bonds. The summed E-state index contributed by atoms with van der Waals surface area (Å²) < 4.78 is 0. The summed E-state index contributed by atoms with van der Waals surface area (Å²) in [6.07, 6.45) is 2.63. The van der Waals surface area contributed by atoms with E-state index in [4.69, 9.17) is 0 Å². The highest BCUT2D eigenvalue weighted by molar-refractivity contribution is 5.92. The predicted molar refractivity (Wildman–Crippen MR) is 69.3 cm³/mol. The van der Waals surface area contributed by atoms with Crippen LogP contribution >= 0.6 is 0 Å². The van der Waals surface area contributed by atoms with Gasteiger partial charge in [0.15, 0.2) is 0 Å². The number of rotatable bonds is 3. The van der Waals surface area contributed by atoms with Gasteiger partial charge in [0.25, 0.3) is 5.91 Å². The van der Waals surface area contributed by atoms with Gasteiger partial charge in [0, 0.05) is 31.4 Å². The largest absolute Gasteiger partial charge is 0.347 e. The monoisotopic (exact) mass is 248 g/mol. The molecule has 1 aliphatic heterocycles. The molecule has 2 rings (SSSR count). The zero-order valence-corrected chi connectivity index (χ0v) is 11.2. The molecule has 0 radical (unpaired) electrons. The zero-order valence-electron chi connectivity index (χ0n) is 11.2. The van der Waals surface area contributed by atoms with Crippen LogP contribution in [0.4, 0.5) is 0 Å². The molecular formula is C13H20N4O. The van der Waals surface area contributed by atoms with Crippen molar-refractivity contribution < 1.29 is 4.79 Å². The molecule has 1 aromatic rings. The predicted octanol–water partition coefficient (Wildman–Crippen LogP) is 0.998. The van der Waals surface area contributed by atoms with Gasteiger partial charge in [-0.25, -0.2) is 9.97 Å². The minimum absolute atomic E-state index is 0.101. The Morgan fingerprint density at radius 1 is 1.56 bits per heavy atom. The Morgan fingerprint density at radius 3 is 2.94 bits per heavy atom. The number of aryl methyl sites for hydroxylation is 1. The molecule has 5 heteroatoms. The van der Waals surface area contributed by atoms with Gasteiger partial charge in [-0.3, -0.25) is 9.69 Å². The van der Waals surface area contributed by atoms with Crippen LogP contribution in [0.3, 0.4) is 0 Å². The van der Waals surface area contributed by atoms with E-state index in [0.29, 0.717) is 17.6 Å². The van der Waals surface area contributed by atoms with Gasteiger partial charge < -0.3 is 5.32 Å². The molecule has 0 aromatic carbocycles. The van der Waals surface area contributed by atoms with Crippen molar-refractivity contribution in [3.05, 3.63) is 23.8 Å². The van der Waals surface area contributed by atoms with E-state index >= 15 is 0 Å². The van der Waals surface area contributed by atoms with E-state index in [2.05, 4.69) is 34.0 Å². The number of hydrogen-bond acceptors (Lipinski definition) is 4. The number of nitrogens with zero attached hydrogens (tertiary/aromatic N) is 3. The Morgan fingerprint density at radius 2 is 2.33 bits per heavy atom. The van der Waals surface area contributed by atoms with E-state index in [9.17, 15) is 4.79 Å². The standard InChI is InChI=1S/C13H20N4O/c1-9(2)17-7-5-11(8-17)16-13(18)12-4-6-14-10(3)15-12/h4,6,9,11H,5,7-8H2,1-3H3,(H,16,18). The fourth-order valence-electron chi connectivity index (χ4n) is 2.22. The Bertz CT molecular complexity index is 433. The number of nitrogens with one attached hydrogen (secondary N) is 1. The van der Waals surface area contributed by atoms with E-state index in [-0.39, 0.29) is 11.9 Å². The number of aromatic nitrogens is 2. The van der Waals surface area contributed by atoms with Gasteiger partial charge >= 0.3 is 0 Å². The number of carbonyl (C=O) groups excluding carboxylic acids is 1. The van der Waals surface area contributed by atoms with Crippen LogP contribution in [0.25, 0.3) is 0 Å². The lowest BCUT2D eigenvalue weighted by Gasteiger charge is -2.20. The van der Waals surface area contributed by atoms with Gasteiger partial charge in [-0.15, -0.1) is 0 Å². The van der Waals surface area contributed by atoms with E-state index in [1.165, 1.54) is 0 Å². The van der Waals surface area contributed by atoms with Crippen LogP contribution in [-0.4, -0.2) is 45.9 Å². The molecule has 18 heavy (non-hydrogen) atoms. The molecule has 5 nitrogen and oxygen atoms in total. The summed E-state index contributed by atoms with van der Waals surface area (Å²) in [6.45, 7) is 8.11. The lowest BCUT2D eigenvalue weighted by molar-refractivity contribution is 0.0931. The van der Waals surface area contributed by atoms with Crippen molar-refractivity contribution in [2.45, 2.75) is 39.3 Å². The van der Waals surface area contributed by atoms with Crippen LogP contribution in [-0.2, 0) is 0 Å². The first-order valence-electron chi connectivity index (χ1n) is 6.41. The van der Waals surface area contributed by atoms with Crippen molar-refractivity contribution in [2.24, 2.45) is 0 Å². The molecule has 98 valence electrons. The molecule has 2 heterocycles. The average molecular weight is 248 g/mol. The molecule has 1 aromatic heterocycles. The summed E-state index contributed by atoms with van der Waals surface area (Å²) in [4.78, 5) is 22.5. The second-order valence-corrected chi connectivity index (χ2v) is 5.04. The first-order chi connectivity index (χ1) is 8.56. The number of amides is 1. The second-order valence-electron chi connectivity index (χ2n) is 5.04. The Balaban J connectivity index is 1.93. The lowest BCUT2D eigenvalue weighted by atomic mass is 10.2. The van der Waals surface area contributed by atoms with Gasteiger partial charge in [-0.05, 0) is 33.3 Å². The first-order valence-corrected chi connectivity index (χ1v) is 6.41. The Kier molecular flexibility index (Phi) is 3.91. The third-order valence-electron chi connectivity index (χ3n) is 3.29. The molecule has 0 spiro atoms. The summed E-state index contributed by atoms with van der Waals surface area (Å²) in [7, 11) is 0. The highest BCUT2D eigenvalue weighted by Gasteiger charge is 2.25. The Hall–Kier alpha value is -1.49. The number of likely N-dealkylation sites (tertiary alicyclic amines) is 1. The summed E-state index contributed by atoms with van der Waals surface area (Å²) in [5.74, 6) is 0.522. The maximum Gasteiger partial charge on any atom is 0.270 e. The lowest BCUT2D eigenvalue weighted by Crippen LogP contribution is -2.38. The van der Waals surface area contributed by atoms with E-state index < -0.39 is 0 Å². The minimum atomic E-state index is -0.101. The fourth-order valence-corrected chi connectivity index (χ4v) is 2.22. The zero-order chi connectivity index (χ0) is 13.1. The summed E-state index contributed by atoms with van der Waals surface area (Å²) in [5.41, 5.74) is 0.450. The van der Waals surface area contributed by atoms with Crippen LogP contribution < -0.4 is 5.32 Å². The molecule has 1 saturated heterocycles. The van der Waals surface area contributed by atoms with Crippen LogP contribution in [0.5, 0.6) is 0 Å². The summed E-state index contributed by atoms with van der Waals surface area (Å²) in [6, 6.07) is 2.42. The van der Waals surface area contributed by atoms with Gasteiger partial charge in [0.05, 0.1) is 0 Å². The van der Waals surface area contributed by atoms with Crippen molar-refractivity contribution in [2.75, 3.05) is 13.1 Å². The maximum absolute atomic E-state index is 12.0. The normalized spacial score (nSPS) is 20.3. The van der Waals surface area contributed by atoms with Crippen LogP contribution in [0.1, 0.15) is 36.6 Å². The van der Waals surface area contributed by atoms with Gasteiger partial charge in [-0.1, -0.05) is 0 Å². The third kappa shape index (κ3) is 3.04. The Labute approximate surface area is 108 Å². The summed E-state index contributed by atoms with van der Waals surface area (Å²) in [5, 5.41) is 3.04. The highest BCUT2D eigenvalue weighted by atomic mass is 16.2. The average Bonchev–Trinajstić information content (AvgIpc) is 2.77. The number of carbonyl (C=O) groups is 1. The second kappa shape index (κ2) is 5.44. The topological polar surface area (TPSA) is 58.1 Å². The van der Waals surface area contributed by atoms with Crippen molar-refractivity contribution in [3.63, 3.8) is 0 Å². The highest BCUT2D eigenvalue weighted by Crippen LogP contribution is 2.12. The van der Waals surface area contributed by atoms with Crippen molar-refractivity contribution in [1.29, 1.82) is 0 Å². The summed E-state index contributed by atoms with van der Waals surface area (Å²) >= 11 is 0. The van der Waals surface area contributed by atoms with Crippen LogP contribution in [0.15, 0.2) is 12.3 Å². The first kappa shape index (κ1) is 13.0. The van der Waals surface area contributed by atoms with Crippen molar-refractivity contribution in [3.8, 4) is 0 Å². The van der Waals surface area contributed by atoms with E-state index in [0.717, 1.165) is 19.5 Å². The quantitative estimate of drug-likeness (QED) is 0.867. The molecule has 0 bridgehead atoms. The van der Waals surface area contributed by atoms with E-state index in [1.54, 1.807) is 19.2 Å². The fraction of sp³-hybridized carbons (Fsp3) is 0.615. The van der Waals surface area contributed by atoms with Crippen LogP contribution in [0.2, 0.25) is 0 Å². The maximum atomic E-state index is 12.0. The molecule has 1 unspecified atom stereocenters. The molecule has 1 N–H and O–H groups in total. The molecular weight excluding hydrogens is 228 g/mol.